The van der Waals surface area contributed by atoms with Gasteiger partial charge in [-0.3, -0.25) is 4.79 Å². The lowest BCUT2D eigenvalue weighted by atomic mass is 9.87. The minimum Gasteiger partial charge on any atom is -0.497 e. The molecule has 0 saturated heterocycles. The van der Waals surface area contributed by atoms with E-state index in [1.807, 2.05) is 36.4 Å². The van der Waals surface area contributed by atoms with Gasteiger partial charge in [0.05, 0.1) is 27.4 Å². The fraction of sp³-hybridized carbons (Fsp3) is 0.481. The average Bonchev–Trinajstić information content (AvgIpc) is 3.40. The molecular weight excluding hydrogens is 446 g/mol. The second kappa shape index (κ2) is 10.9. The van der Waals surface area contributed by atoms with Gasteiger partial charge in [0.25, 0.3) is 0 Å². The molecule has 3 amide bonds. The van der Waals surface area contributed by atoms with Gasteiger partial charge in [-0.1, -0.05) is 25.0 Å². The number of urea groups is 1. The summed E-state index contributed by atoms with van der Waals surface area (Å²) in [4.78, 5) is 28.0. The lowest BCUT2D eigenvalue weighted by molar-refractivity contribution is -0.123. The van der Waals surface area contributed by atoms with Crippen LogP contribution in [-0.2, 0) is 11.2 Å². The fourth-order valence-corrected chi connectivity index (χ4v) is 5.04. The van der Waals surface area contributed by atoms with Crippen LogP contribution in [-0.4, -0.2) is 56.8 Å². The zero-order chi connectivity index (χ0) is 24.9. The molecule has 0 unspecified atom stereocenters. The highest BCUT2D eigenvalue weighted by molar-refractivity contribution is 5.87. The Morgan fingerprint density at radius 1 is 0.971 bits per heavy atom. The first-order valence-corrected chi connectivity index (χ1v) is 12.2. The van der Waals surface area contributed by atoms with Crippen LogP contribution < -0.4 is 24.8 Å². The highest BCUT2D eigenvalue weighted by Gasteiger charge is 2.34. The lowest BCUT2D eigenvalue weighted by Gasteiger charge is -2.38. The monoisotopic (exact) mass is 481 g/mol. The minimum absolute atomic E-state index is 0.143. The van der Waals surface area contributed by atoms with Gasteiger partial charge >= 0.3 is 6.03 Å². The molecule has 0 spiro atoms. The van der Waals surface area contributed by atoms with E-state index in [0.29, 0.717) is 24.5 Å². The molecule has 1 aliphatic carbocycles. The largest absolute Gasteiger partial charge is 0.497 e. The smallest absolute Gasteiger partial charge is 0.318 e. The maximum Gasteiger partial charge on any atom is 0.318 e. The summed E-state index contributed by atoms with van der Waals surface area (Å²) >= 11 is 0. The molecule has 35 heavy (non-hydrogen) atoms. The highest BCUT2D eigenvalue weighted by Crippen LogP contribution is 2.41. The summed E-state index contributed by atoms with van der Waals surface area (Å²) in [7, 11) is 4.84. The Kier molecular flexibility index (Phi) is 7.68. The first-order valence-electron chi connectivity index (χ1n) is 12.2. The predicted octanol–water partition coefficient (Wildman–Crippen LogP) is 3.82. The lowest BCUT2D eigenvalue weighted by Crippen LogP contribution is -2.53. The quantitative estimate of drug-likeness (QED) is 0.628. The summed E-state index contributed by atoms with van der Waals surface area (Å²) in [6.07, 6.45) is 4.94. The standard InChI is InChI=1S/C27H35N3O5/c1-17(26(31)29-20-7-5-6-8-20)28-27(32)30-14-13-19-15-23(34-3)24(35-4)16-22(19)25(30)18-9-11-21(33-2)12-10-18/h9-12,15-17,20,25H,5-8,13-14H2,1-4H3,(H,28,32)(H,29,31)/t17-,25+/m0/s1. The fourth-order valence-electron chi connectivity index (χ4n) is 5.04. The Balaban J connectivity index is 1.62. The Labute approximate surface area is 206 Å². The maximum atomic E-state index is 13.5. The molecule has 4 rings (SSSR count). The Morgan fingerprint density at radius 2 is 1.63 bits per heavy atom. The van der Waals surface area contributed by atoms with Gasteiger partial charge in [0.1, 0.15) is 11.8 Å². The zero-order valence-corrected chi connectivity index (χ0v) is 20.9. The van der Waals surface area contributed by atoms with Crippen LogP contribution in [0.4, 0.5) is 4.79 Å². The minimum atomic E-state index is -0.633. The number of nitrogens with zero attached hydrogens (tertiary/aromatic N) is 1. The predicted molar refractivity (Wildman–Crippen MR) is 133 cm³/mol. The number of benzene rings is 2. The van der Waals surface area contributed by atoms with Crippen LogP contribution in [0.25, 0.3) is 0 Å². The number of methoxy groups -OCH3 is 3. The Bertz CT molecular complexity index is 1050. The molecule has 2 N–H and O–H groups in total. The number of hydrogen-bond donors (Lipinski definition) is 2. The number of fused-ring (bicyclic) bond motifs is 1. The van der Waals surface area contributed by atoms with E-state index >= 15 is 0 Å². The van der Waals surface area contributed by atoms with Gasteiger partial charge in [0, 0.05) is 12.6 Å². The molecule has 2 aromatic carbocycles. The molecule has 2 aromatic rings. The third-order valence-corrected chi connectivity index (χ3v) is 7.00. The normalized spacial score (nSPS) is 18.4. The van der Waals surface area contributed by atoms with Gasteiger partial charge in [-0.25, -0.2) is 4.79 Å². The summed E-state index contributed by atoms with van der Waals surface area (Å²) < 4.78 is 16.4. The number of nitrogens with one attached hydrogen (secondary N) is 2. The van der Waals surface area contributed by atoms with Gasteiger partial charge in [-0.05, 0) is 67.1 Å². The Hall–Kier alpha value is -3.42. The summed E-state index contributed by atoms with van der Waals surface area (Å²) in [5.41, 5.74) is 3.01. The highest BCUT2D eigenvalue weighted by atomic mass is 16.5. The van der Waals surface area contributed by atoms with Crippen molar-refractivity contribution >= 4 is 11.9 Å². The molecule has 2 atom stereocenters. The molecule has 0 aromatic heterocycles. The van der Waals surface area contributed by atoms with E-state index < -0.39 is 6.04 Å². The van der Waals surface area contributed by atoms with Crippen LogP contribution in [0.15, 0.2) is 36.4 Å². The first-order chi connectivity index (χ1) is 16.9. The van der Waals surface area contributed by atoms with E-state index in [2.05, 4.69) is 10.6 Å². The van der Waals surface area contributed by atoms with Crippen LogP contribution in [0, 0.1) is 0 Å². The topological polar surface area (TPSA) is 89.1 Å². The molecule has 0 radical (unpaired) electrons. The maximum absolute atomic E-state index is 13.5. The van der Waals surface area contributed by atoms with E-state index in [1.165, 1.54) is 0 Å². The molecular formula is C27H35N3O5. The van der Waals surface area contributed by atoms with Gasteiger partial charge in [-0.2, -0.15) is 0 Å². The van der Waals surface area contributed by atoms with Crippen LogP contribution in [0.2, 0.25) is 0 Å². The van der Waals surface area contributed by atoms with Crippen molar-refractivity contribution in [1.82, 2.24) is 15.5 Å². The third kappa shape index (κ3) is 5.31. The van der Waals surface area contributed by atoms with Crippen molar-refractivity contribution in [3.05, 3.63) is 53.1 Å². The van der Waals surface area contributed by atoms with Crippen LogP contribution in [0.3, 0.4) is 0 Å². The van der Waals surface area contributed by atoms with Gasteiger partial charge in [0.2, 0.25) is 5.91 Å². The van der Waals surface area contributed by atoms with E-state index in [9.17, 15) is 9.59 Å². The van der Waals surface area contributed by atoms with E-state index in [4.69, 9.17) is 14.2 Å². The number of amides is 3. The molecule has 1 saturated carbocycles. The van der Waals surface area contributed by atoms with Crippen LogP contribution in [0.1, 0.15) is 55.3 Å². The molecule has 1 aliphatic heterocycles. The summed E-state index contributed by atoms with van der Waals surface area (Å²) in [6, 6.07) is 10.6. The summed E-state index contributed by atoms with van der Waals surface area (Å²) in [5, 5.41) is 5.99. The number of ether oxygens (including phenoxy) is 3. The van der Waals surface area contributed by atoms with E-state index in [0.717, 1.165) is 48.1 Å². The van der Waals surface area contributed by atoms with Crippen molar-refractivity contribution in [2.45, 2.75) is 57.2 Å². The van der Waals surface area contributed by atoms with Gasteiger partial charge in [0.15, 0.2) is 11.5 Å². The molecule has 8 heteroatoms. The van der Waals surface area contributed by atoms with E-state index in [-0.39, 0.29) is 24.0 Å². The number of rotatable bonds is 7. The van der Waals surface area contributed by atoms with Crippen LogP contribution in [0.5, 0.6) is 17.2 Å². The summed E-state index contributed by atoms with van der Waals surface area (Å²) in [5.74, 6) is 1.87. The van der Waals surface area contributed by atoms with Crippen molar-refractivity contribution in [3.8, 4) is 17.2 Å². The molecule has 1 heterocycles. The van der Waals surface area contributed by atoms with Crippen molar-refractivity contribution in [2.24, 2.45) is 0 Å². The van der Waals surface area contributed by atoms with Crippen molar-refractivity contribution in [2.75, 3.05) is 27.9 Å². The second-order valence-corrected chi connectivity index (χ2v) is 9.19. The van der Waals surface area contributed by atoms with Crippen molar-refractivity contribution in [3.63, 3.8) is 0 Å². The van der Waals surface area contributed by atoms with Gasteiger partial charge in [-0.15, -0.1) is 0 Å². The third-order valence-electron chi connectivity index (χ3n) is 7.00. The van der Waals surface area contributed by atoms with Crippen molar-refractivity contribution in [1.29, 1.82) is 0 Å². The number of carbonyl (C=O) groups is 2. The zero-order valence-electron chi connectivity index (χ0n) is 20.9. The van der Waals surface area contributed by atoms with E-state index in [1.54, 1.807) is 33.2 Å². The van der Waals surface area contributed by atoms with Crippen molar-refractivity contribution < 1.29 is 23.8 Å². The SMILES string of the molecule is COc1ccc([C@@H]2c3cc(OC)c(OC)cc3CCN2C(=O)N[C@@H](C)C(=O)NC2CCCC2)cc1. The Morgan fingerprint density at radius 3 is 2.26 bits per heavy atom. The molecule has 2 aliphatic rings. The number of hydrogen-bond acceptors (Lipinski definition) is 5. The average molecular weight is 482 g/mol. The van der Waals surface area contributed by atoms with Gasteiger partial charge < -0.3 is 29.7 Å². The molecule has 1 fully saturated rings. The first kappa shape index (κ1) is 24.7. The number of carbonyl (C=O) groups excluding carboxylic acids is 2. The molecule has 8 nitrogen and oxygen atoms in total. The molecule has 0 bridgehead atoms. The summed E-state index contributed by atoms with van der Waals surface area (Å²) in [6.45, 7) is 2.23. The molecule has 188 valence electrons. The van der Waals surface area contributed by atoms with Crippen LogP contribution >= 0.6 is 0 Å². The second-order valence-electron chi connectivity index (χ2n) is 9.19.